The Balaban J connectivity index is 2.22. The van der Waals surface area contributed by atoms with E-state index in [4.69, 9.17) is 16.7 Å². The molecule has 0 bridgehead atoms. The van der Waals surface area contributed by atoms with E-state index in [0.29, 0.717) is 12.2 Å². The molecule has 7 heteroatoms. The SMILES string of the molecule is CCn1cc(NCc2c(F)cccc2Cl)c(C(=O)O)n1. The van der Waals surface area contributed by atoms with E-state index in [-0.39, 0.29) is 22.8 Å². The summed E-state index contributed by atoms with van der Waals surface area (Å²) in [5, 5.41) is 16.1. The Kier molecular flexibility index (Phi) is 4.24. The van der Waals surface area contributed by atoms with Crippen LogP contribution in [0.1, 0.15) is 23.0 Å². The van der Waals surface area contributed by atoms with Crippen molar-refractivity contribution >= 4 is 23.3 Å². The van der Waals surface area contributed by atoms with Gasteiger partial charge in [0.15, 0.2) is 5.69 Å². The van der Waals surface area contributed by atoms with Crippen molar-refractivity contribution in [2.45, 2.75) is 20.0 Å². The van der Waals surface area contributed by atoms with Crippen molar-refractivity contribution < 1.29 is 14.3 Å². The molecule has 0 saturated heterocycles. The van der Waals surface area contributed by atoms with Gasteiger partial charge >= 0.3 is 5.97 Å². The molecule has 20 heavy (non-hydrogen) atoms. The van der Waals surface area contributed by atoms with Crippen molar-refractivity contribution in [2.75, 3.05) is 5.32 Å². The van der Waals surface area contributed by atoms with Crippen molar-refractivity contribution in [3.63, 3.8) is 0 Å². The molecule has 1 aromatic carbocycles. The molecule has 2 rings (SSSR count). The van der Waals surface area contributed by atoms with Gasteiger partial charge in [-0.3, -0.25) is 4.68 Å². The van der Waals surface area contributed by atoms with E-state index in [9.17, 15) is 9.18 Å². The van der Waals surface area contributed by atoms with Gasteiger partial charge in [-0.15, -0.1) is 0 Å². The Hall–Kier alpha value is -2.08. The highest BCUT2D eigenvalue weighted by atomic mass is 35.5. The standard InChI is InChI=1S/C13H13ClFN3O2/c1-2-18-7-11(12(17-18)13(19)20)16-6-8-9(14)4-3-5-10(8)15/h3-5,7,16H,2,6H2,1H3,(H,19,20). The number of carbonyl (C=O) groups is 1. The first-order chi connectivity index (χ1) is 9.52. The van der Waals surface area contributed by atoms with E-state index >= 15 is 0 Å². The fraction of sp³-hybridized carbons (Fsp3) is 0.231. The number of nitrogens with one attached hydrogen (secondary N) is 1. The smallest absolute Gasteiger partial charge is 0.358 e. The molecular weight excluding hydrogens is 285 g/mol. The topological polar surface area (TPSA) is 67.2 Å². The van der Waals surface area contributed by atoms with E-state index in [1.807, 2.05) is 6.92 Å². The van der Waals surface area contributed by atoms with Crippen LogP contribution in [0, 0.1) is 5.82 Å². The largest absolute Gasteiger partial charge is 0.476 e. The van der Waals surface area contributed by atoms with Crippen LogP contribution in [0.5, 0.6) is 0 Å². The second-order valence-corrected chi connectivity index (χ2v) is 4.51. The lowest BCUT2D eigenvalue weighted by molar-refractivity contribution is 0.0690. The van der Waals surface area contributed by atoms with E-state index < -0.39 is 11.8 Å². The van der Waals surface area contributed by atoms with Crippen LogP contribution in [0.15, 0.2) is 24.4 Å². The van der Waals surface area contributed by atoms with E-state index in [0.717, 1.165) is 0 Å². The minimum Gasteiger partial charge on any atom is -0.476 e. The van der Waals surface area contributed by atoms with Crippen LogP contribution in [0.4, 0.5) is 10.1 Å². The highest BCUT2D eigenvalue weighted by Gasteiger charge is 2.16. The van der Waals surface area contributed by atoms with Crippen LogP contribution in [0.25, 0.3) is 0 Å². The molecule has 5 nitrogen and oxygen atoms in total. The van der Waals surface area contributed by atoms with E-state index in [1.165, 1.54) is 16.8 Å². The molecule has 1 aromatic heterocycles. The van der Waals surface area contributed by atoms with Gasteiger partial charge in [0.2, 0.25) is 0 Å². The molecule has 0 amide bonds. The molecule has 0 aliphatic heterocycles. The van der Waals surface area contributed by atoms with Gasteiger partial charge in [0.05, 0.1) is 5.69 Å². The molecule has 0 spiro atoms. The number of aromatic carboxylic acids is 1. The molecule has 0 aliphatic carbocycles. The molecule has 0 atom stereocenters. The van der Waals surface area contributed by atoms with Crippen LogP contribution in [-0.4, -0.2) is 20.9 Å². The predicted molar refractivity (Wildman–Crippen MR) is 73.6 cm³/mol. The Morgan fingerprint density at radius 2 is 2.30 bits per heavy atom. The summed E-state index contributed by atoms with van der Waals surface area (Å²) in [7, 11) is 0. The van der Waals surface area contributed by atoms with Crippen LogP contribution in [-0.2, 0) is 13.1 Å². The number of anilines is 1. The average Bonchev–Trinajstić information content (AvgIpc) is 2.82. The number of nitrogens with zero attached hydrogens (tertiary/aromatic N) is 2. The number of aromatic nitrogens is 2. The zero-order chi connectivity index (χ0) is 14.7. The molecule has 0 aliphatic rings. The normalized spacial score (nSPS) is 10.6. The van der Waals surface area contributed by atoms with Gasteiger partial charge in [0.1, 0.15) is 5.82 Å². The molecule has 0 fully saturated rings. The van der Waals surface area contributed by atoms with Gasteiger partial charge in [0.25, 0.3) is 0 Å². The third-order valence-electron chi connectivity index (χ3n) is 2.81. The second-order valence-electron chi connectivity index (χ2n) is 4.11. The summed E-state index contributed by atoms with van der Waals surface area (Å²) < 4.78 is 15.1. The highest BCUT2D eigenvalue weighted by Crippen LogP contribution is 2.21. The minimum atomic E-state index is -1.14. The van der Waals surface area contributed by atoms with Gasteiger partial charge in [-0.2, -0.15) is 5.10 Å². The van der Waals surface area contributed by atoms with Crippen LogP contribution in [0.3, 0.4) is 0 Å². The number of aryl methyl sites for hydroxylation is 1. The van der Waals surface area contributed by atoms with Crippen molar-refractivity contribution in [1.29, 1.82) is 0 Å². The van der Waals surface area contributed by atoms with Gasteiger partial charge < -0.3 is 10.4 Å². The molecule has 0 saturated carbocycles. The van der Waals surface area contributed by atoms with Gasteiger partial charge in [0, 0.05) is 29.9 Å². The monoisotopic (exact) mass is 297 g/mol. The average molecular weight is 298 g/mol. The van der Waals surface area contributed by atoms with Gasteiger partial charge in [-0.1, -0.05) is 17.7 Å². The van der Waals surface area contributed by atoms with Gasteiger partial charge in [-0.05, 0) is 19.1 Å². The Morgan fingerprint density at radius 3 is 2.90 bits per heavy atom. The molecular formula is C13H13ClFN3O2. The number of benzene rings is 1. The maximum absolute atomic E-state index is 13.6. The Labute approximate surface area is 120 Å². The van der Waals surface area contributed by atoms with Crippen LogP contribution >= 0.6 is 11.6 Å². The number of hydrogen-bond donors (Lipinski definition) is 2. The van der Waals surface area contributed by atoms with E-state index in [2.05, 4.69) is 10.4 Å². The summed E-state index contributed by atoms with van der Waals surface area (Å²) in [5.41, 5.74) is 0.521. The van der Waals surface area contributed by atoms with Crippen molar-refractivity contribution in [3.8, 4) is 0 Å². The second kappa shape index (κ2) is 5.92. The summed E-state index contributed by atoms with van der Waals surface area (Å²) in [5.74, 6) is -1.58. The van der Waals surface area contributed by atoms with Gasteiger partial charge in [-0.25, -0.2) is 9.18 Å². The maximum atomic E-state index is 13.6. The molecule has 0 radical (unpaired) electrons. The summed E-state index contributed by atoms with van der Waals surface area (Å²) in [6, 6.07) is 4.39. The number of carboxylic acid groups (broad SMARTS) is 1. The Bertz CT molecular complexity index is 622. The third-order valence-corrected chi connectivity index (χ3v) is 3.16. The zero-order valence-electron chi connectivity index (χ0n) is 10.7. The molecule has 0 unspecified atom stereocenters. The summed E-state index contributed by atoms with van der Waals surface area (Å²) in [4.78, 5) is 11.1. The molecule has 2 N–H and O–H groups in total. The van der Waals surface area contributed by atoms with Crippen molar-refractivity contribution in [3.05, 3.63) is 46.5 Å². The summed E-state index contributed by atoms with van der Waals surface area (Å²) >= 11 is 5.91. The molecule has 2 aromatic rings. The predicted octanol–water partition coefficient (Wildman–Crippen LogP) is 3.01. The number of halogens is 2. The first-order valence-electron chi connectivity index (χ1n) is 6.00. The maximum Gasteiger partial charge on any atom is 0.358 e. The fourth-order valence-electron chi connectivity index (χ4n) is 1.76. The lowest BCUT2D eigenvalue weighted by Crippen LogP contribution is -2.07. The first-order valence-corrected chi connectivity index (χ1v) is 6.38. The lowest BCUT2D eigenvalue weighted by Gasteiger charge is -2.07. The zero-order valence-corrected chi connectivity index (χ0v) is 11.5. The highest BCUT2D eigenvalue weighted by molar-refractivity contribution is 6.31. The number of hydrogen-bond acceptors (Lipinski definition) is 3. The summed E-state index contributed by atoms with van der Waals surface area (Å²) in [6.07, 6.45) is 1.57. The van der Waals surface area contributed by atoms with Crippen LogP contribution < -0.4 is 5.32 Å². The Morgan fingerprint density at radius 1 is 1.55 bits per heavy atom. The van der Waals surface area contributed by atoms with E-state index in [1.54, 1.807) is 12.3 Å². The third kappa shape index (κ3) is 2.91. The van der Waals surface area contributed by atoms with Crippen molar-refractivity contribution in [1.82, 2.24) is 9.78 Å². The fourth-order valence-corrected chi connectivity index (χ4v) is 1.99. The van der Waals surface area contributed by atoms with Crippen molar-refractivity contribution in [2.24, 2.45) is 0 Å². The quantitative estimate of drug-likeness (QED) is 0.890. The number of rotatable bonds is 5. The molecule has 106 valence electrons. The number of carboxylic acids is 1. The summed E-state index contributed by atoms with van der Waals surface area (Å²) in [6.45, 7) is 2.47. The molecule has 1 heterocycles. The first kappa shape index (κ1) is 14.3. The minimum absolute atomic E-state index is 0.0845. The lowest BCUT2D eigenvalue weighted by atomic mass is 10.2. The van der Waals surface area contributed by atoms with Crippen LogP contribution in [0.2, 0.25) is 5.02 Å².